The van der Waals surface area contributed by atoms with Crippen molar-refractivity contribution in [2.45, 2.75) is 38.6 Å². The molecule has 7 heteroatoms. The molecule has 1 unspecified atom stereocenters. The summed E-state index contributed by atoms with van der Waals surface area (Å²) in [6.45, 7) is 4.82. The molecule has 0 saturated carbocycles. The number of benzene rings is 2. The molecule has 5 rings (SSSR count). The average molecular weight is 431 g/mol. The van der Waals surface area contributed by atoms with Crippen LogP contribution in [0.1, 0.15) is 59.2 Å². The van der Waals surface area contributed by atoms with Gasteiger partial charge in [0.15, 0.2) is 11.5 Å². The number of amides is 3. The molecule has 2 aliphatic heterocycles. The number of hydrogen-bond acceptors (Lipinski definition) is 5. The second-order valence-electron chi connectivity index (χ2n) is 8.83. The molecular formula is C25H25N3O4. The molecule has 1 saturated heterocycles. The zero-order valence-corrected chi connectivity index (χ0v) is 18.2. The van der Waals surface area contributed by atoms with Gasteiger partial charge in [-0.1, -0.05) is 38.1 Å². The first-order valence-electron chi connectivity index (χ1n) is 11.1. The first-order valence-corrected chi connectivity index (χ1v) is 11.1. The summed E-state index contributed by atoms with van der Waals surface area (Å²) < 4.78 is 5.92. The highest BCUT2D eigenvalue weighted by molar-refractivity contribution is 6.22. The third-order valence-corrected chi connectivity index (χ3v) is 6.45. The van der Waals surface area contributed by atoms with Crippen molar-refractivity contribution in [3.8, 4) is 0 Å². The topological polar surface area (TPSA) is 83.7 Å². The quantitative estimate of drug-likeness (QED) is 0.586. The molecule has 0 aliphatic carbocycles. The molecule has 2 aromatic carbocycles. The van der Waals surface area contributed by atoms with E-state index in [4.69, 9.17) is 4.42 Å². The van der Waals surface area contributed by atoms with Gasteiger partial charge in [-0.3, -0.25) is 19.3 Å². The Morgan fingerprint density at radius 1 is 0.969 bits per heavy atom. The Labute approximate surface area is 186 Å². The number of piperidine rings is 1. The molecule has 0 spiro atoms. The van der Waals surface area contributed by atoms with Gasteiger partial charge >= 0.3 is 0 Å². The number of carbonyl (C=O) groups excluding carboxylic acids is 3. The summed E-state index contributed by atoms with van der Waals surface area (Å²) in [6, 6.07) is 13.6. The third kappa shape index (κ3) is 3.28. The zero-order valence-electron chi connectivity index (χ0n) is 18.2. The summed E-state index contributed by atoms with van der Waals surface area (Å²) >= 11 is 0. The van der Waals surface area contributed by atoms with E-state index in [0.29, 0.717) is 30.1 Å². The second kappa shape index (κ2) is 7.89. The summed E-state index contributed by atoms with van der Waals surface area (Å²) in [4.78, 5) is 47.0. The van der Waals surface area contributed by atoms with Gasteiger partial charge in [-0.15, -0.1) is 0 Å². The summed E-state index contributed by atoms with van der Waals surface area (Å²) in [5.41, 5.74) is 2.34. The Morgan fingerprint density at radius 2 is 1.56 bits per heavy atom. The molecule has 0 radical (unpaired) electrons. The number of likely N-dealkylation sites (tertiary alicyclic amines) is 1. The summed E-state index contributed by atoms with van der Waals surface area (Å²) in [5.74, 6) is -0.301. The SMILES string of the molecule is CC(C)C(C(=O)N1CCC(c2nc3ccccc3o2)CC1)N1C(=O)c2ccccc2C1=O. The highest BCUT2D eigenvalue weighted by Crippen LogP contribution is 2.32. The van der Waals surface area contributed by atoms with Crippen LogP contribution in [0.2, 0.25) is 0 Å². The molecule has 0 N–H and O–H groups in total. The Morgan fingerprint density at radius 3 is 2.16 bits per heavy atom. The van der Waals surface area contributed by atoms with E-state index in [1.54, 1.807) is 29.2 Å². The Balaban J connectivity index is 1.32. The zero-order chi connectivity index (χ0) is 22.4. The molecule has 3 amide bonds. The summed E-state index contributed by atoms with van der Waals surface area (Å²) in [5, 5.41) is 0. The summed E-state index contributed by atoms with van der Waals surface area (Å²) in [6.07, 6.45) is 1.46. The summed E-state index contributed by atoms with van der Waals surface area (Å²) in [7, 11) is 0. The standard InChI is InChI=1S/C25H25N3O4/c1-15(2)21(28-23(29)17-7-3-4-8-18(17)24(28)30)25(31)27-13-11-16(12-14-27)22-26-19-9-5-6-10-20(19)32-22/h3-10,15-16,21H,11-14H2,1-2H3. The van der Waals surface area contributed by atoms with Crippen molar-refractivity contribution >= 4 is 28.8 Å². The van der Waals surface area contributed by atoms with Crippen LogP contribution >= 0.6 is 0 Å². The Kier molecular flexibility index (Phi) is 5.04. The van der Waals surface area contributed by atoms with Crippen molar-refractivity contribution in [1.82, 2.24) is 14.8 Å². The molecule has 1 fully saturated rings. The maximum atomic E-state index is 13.5. The lowest BCUT2D eigenvalue weighted by Gasteiger charge is -2.36. The fourth-order valence-corrected chi connectivity index (χ4v) is 4.75. The molecule has 2 aliphatic rings. The van der Waals surface area contributed by atoms with E-state index >= 15 is 0 Å². The van der Waals surface area contributed by atoms with Crippen molar-refractivity contribution in [2.75, 3.05) is 13.1 Å². The van der Waals surface area contributed by atoms with Gasteiger partial charge in [0.1, 0.15) is 11.6 Å². The van der Waals surface area contributed by atoms with Gasteiger partial charge in [-0.05, 0) is 43.0 Å². The second-order valence-corrected chi connectivity index (χ2v) is 8.83. The molecule has 1 atom stereocenters. The van der Waals surface area contributed by atoms with Crippen LogP contribution in [0, 0.1) is 5.92 Å². The van der Waals surface area contributed by atoms with Crippen LogP contribution in [0.3, 0.4) is 0 Å². The van der Waals surface area contributed by atoms with Gasteiger partial charge in [-0.25, -0.2) is 4.98 Å². The third-order valence-electron chi connectivity index (χ3n) is 6.45. The van der Waals surface area contributed by atoms with Crippen molar-refractivity contribution in [1.29, 1.82) is 0 Å². The fourth-order valence-electron chi connectivity index (χ4n) is 4.75. The van der Waals surface area contributed by atoms with Crippen molar-refractivity contribution in [2.24, 2.45) is 5.92 Å². The number of oxazole rings is 1. The lowest BCUT2D eigenvalue weighted by Crippen LogP contribution is -2.54. The van der Waals surface area contributed by atoms with Crippen LogP contribution in [0.25, 0.3) is 11.1 Å². The maximum absolute atomic E-state index is 13.5. The van der Waals surface area contributed by atoms with Gasteiger partial charge in [-0.2, -0.15) is 0 Å². The predicted octanol–water partition coefficient (Wildman–Crippen LogP) is 3.85. The molecule has 1 aromatic heterocycles. The van der Waals surface area contributed by atoms with Crippen LogP contribution in [0.5, 0.6) is 0 Å². The number of rotatable bonds is 4. The van der Waals surface area contributed by atoms with E-state index in [2.05, 4.69) is 4.98 Å². The van der Waals surface area contributed by atoms with Crippen molar-refractivity contribution in [3.05, 3.63) is 65.5 Å². The lowest BCUT2D eigenvalue weighted by atomic mass is 9.94. The van der Waals surface area contributed by atoms with Crippen molar-refractivity contribution in [3.63, 3.8) is 0 Å². The molecule has 3 aromatic rings. The van der Waals surface area contributed by atoms with Gasteiger partial charge < -0.3 is 9.32 Å². The first kappa shape index (κ1) is 20.4. The minimum absolute atomic E-state index is 0.142. The highest BCUT2D eigenvalue weighted by Gasteiger charge is 2.45. The van der Waals surface area contributed by atoms with Crippen LogP contribution in [0.4, 0.5) is 0 Å². The van der Waals surface area contributed by atoms with E-state index in [9.17, 15) is 14.4 Å². The molecule has 0 bridgehead atoms. The largest absolute Gasteiger partial charge is 0.440 e. The smallest absolute Gasteiger partial charge is 0.262 e. The number of imide groups is 1. The first-order chi connectivity index (χ1) is 15.5. The van der Waals surface area contributed by atoms with Crippen LogP contribution < -0.4 is 0 Å². The Bertz CT molecular complexity index is 1140. The Hall–Kier alpha value is -3.48. The van der Waals surface area contributed by atoms with E-state index < -0.39 is 6.04 Å². The number of carbonyl (C=O) groups is 3. The van der Waals surface area contributed by atoms with Crippen molar-refractivity contribution < 1.29 is 18.8 Å². The van der Waals surface area contributed by atoms with Crippen LogP contribution in [-0.2, 0) is 4.79 Å². The van der Waals surface area contributed by atoms with Gasteiger partial charge in [0, 0.05) is 19.0 Å². The van der Waals surface area contributed by atoms with Gasteiger partial charge in [0.25, 0.3) is 11.8 Å². The molecule has 7 nitrogen and oxygen atoms in total. The number of nitrogens with zero attached hydrogens (tertiary/aromatic N) is 3. The lowest BCUT2D eigenvalue weighted by molar-refractivity contribution is -0.138. The number of hydrogen-bond donors (Lipinski definition) is 0. The van der Waals surface area contributed by atoms with Crippen LogP contribution in [0.15, 0.2) is 52.9 Å². The molecule has 164 valence electrons. The van der Waals surface area contributed by atoms with E-state index in [0.717, 1.165) is 28.8 Å². The normalized spacial score (nSPS) is 18.0. The number of fused-ring (bicyclic) bond motifs is 2. The van der Waals surface area contributed by atoms with Gasteiger partial charge in [0.2, 0.25) is 5.91 Å². The predicted molar refractivity (Wildman–Crippen MR) is 118 cm³/mol. The van der Waals surface area contributed by atoms with Gasteiger partial charge in [0.05, 0.1) is 11.1 Å². The number of aromatic nitrogens is 1. The van der Waals surface area contributed by atoms with Crippen LogP contribution in [-0.4, -0.2) is 51.6 Å². The van der Waals surface area contributed by atoms with E-state index in [-0.39, 0.29) is 29.6 Å². The molecule has 3 heterocycles. The maximum Gasteiger partial charge on any atom is 0.262 e. The van der Waals surface area contributed by atoms with E-state index in [1.165, 1.54) is 0 Å². The minimum Gasteiger partial charge on any atom is -0.440 e. The molecule has 32 heavy (non-hydrogen) atoms. The fraction of sp³-hybridized carbons (Fsp3) is 0.360. The molecular weight excluding hydrogens is 406 g/mol. The number of para-hydroxylation sites is 2. The average Bonchev–Trinajstić information content (AvgIpc) is 3.35. The van der Waals surface area contributed by atoms with E-state index in [1.807, 2.05) is 38.1 Å². The highest BCUT2D eigenvalue weighted by atomic mass is 16.3. The minimum atomic E-state index is -0.816. The monoisotopic (exact) mass is 431 g/mol.